The molecule has 1 rings (SSSR count). The van der Waals surface area contributed by atoms with Crippen molar-refractivity contribution in [1.82, 2.24) is 5.32 Å². The molecule has 0 aliphatic heterocycles. The Balaban J connectivity index is 2.07. The quantitative estimate of drug-likeness (QED) is 0.730. The average Bonchev–Trinajstić information content (AvgIpc) is 2.70. The zero-order valence-electron chi connectivity index (χ0n) is 10.3. The van der Waals surface area contributed by atoms with Crippen molar-refractivity contribution in [3.8, 4) is 0 Å². The van der Waals surface area contributed by atoms with Gasteiger partial charge in [-0.1, -0.05) is 0 Å². The molecule has 2 nitrogen and oxygen atoms in total. The van der Waals surface area contributed by atoms with Gasteiger partial charge in [0.05, 0.1) is 12.3 Å². The maximum Gasteiger partial charge on any atom is 0.389 e. The lowest BCUT2D eigenvalue weighted by Gasteiger charge is -2.06. The van der Waals surface area contributed by atoms with E-state index < -0.39 is 12.6 Å². The average molecular weight is 281 g/mol. The van der Waals surface area contributed by atoms with Crippen molar-refractivity contribution < 1.29 is 17.6 Å². The van der Waals surface area contributed by atoms with E-state index in [-0.39, 0.29) is 6.42 Å². The molecule has 0 bridgehead atoms. The van der Waals surface area contributed by atoms with Crippen molar-refractivity contribution in [3.05, 3.63) is 23.7 Å². The van der Waals surface area contributed by atoms with Gasteiger partial charge in [0.25, 0.3) is 0 Å². The van der Waals surface area contributed by atoms with Crippen LogP contribution in [-0.4, -0.2) is 19.0 Å². The summed E-state index contributed by atoms with van der Waals surface area (Å²) >= 11 is 1.68. The highest BCUT2D eigenvalue weighted by molar-refractivity contribution is 7.97. The number of furan rings is 1. The lowest BCUT2D eigenvalue weighted by molar-refractivity contribution is -0.135. The minimum atomic E-state index is -4.03. The molecule has 0 aromatic carbocycles. The van der Waals surface area contributed by atoms with E-state index in [1.54, 1.807) is 11.8 Å². The fourth-order valence-electron chi connectivity index (χ4n) is 1.52. The van der Waals surface area contributed by atoms with Gasteiger partial charge in [-0.15, -0.1) is 0 Å². The summed E-state index contributed by atoms with van der Waals surface area (Å²) < 4.78 is 41.1. The second kappa shape index (κ2) is 7.74. The first-order valence-electron chi connectivity index (χ1n) is 5.85. The van der Waals surface area contributed by atoms with Gasteiger partial charge in [-0.25, -0.2) is 0 Å². The minimum Gasteiger partial charge on any atom is -0.464 e. The van der Waals surface area contributed by atoms with Crippen LogP contribution in [0.25, 0.3) is 0 Å². The molecule has 1 N–H and O–H groups in total. The SMILES string of the molecule is CSCc1ccc(CNCCCCC(F)(F)F)o1. The Morgan fingerprint density at radius 1 is 1.22 bits per heavy atom. The molecule has 0 saturated heterocycles. The fraction of sp³-hybridized carbons (Fsp3) is 0.667. The fourth-order valence-corrected chi connectivity index (χ4v) is 1.96. The normalized spacial score (nSPS) is 12.0. The summed E-state index contributed by atoms with van der Waals surface area (Å²) in [5.74, 6) is 2.59. The van der Waals surface area contributed by atoms with Crippen LogP contribution in [0, 0.1) is 0 Å². The zero-order valence-corrected chi connectivity index (χ0v) is 11.2. The molecule has 1 aromatic heterocycles. The van der Waals surface area contributed by atoms with Crippen LogP contribution in [-0.2, 0) is 12.3 Å². The van der Waals surface area contributed by atoms with Crippen LogP contribution >= 0.6 is 11.8 Å². The van der Waals surface area contributed by atoms with Gasteiger partial charge in [-0.2, -0.15) is 24.9 Å². The molecular weight excluding hydrogens is 263 g/mol. The standard InChI is InChI=1S/C12H18F3NOS/c1-18-9-11-5-4-10(17-11)8-16-7-3-2-6-12(13,14)15/h4-5,16H,2-3,6-9H2,1H3. The Morgan fingerprint density at radius 2 is 1.94 bits per heavy atom. The van der Waals surface area contributed by atoms with Gasteiger partial charge in [0, 0.05) is 6.42 Å². The highest BCUT2D eigenvalue weighted by Gasteiger charge is 2.25. The van der Waals surface area contributed by atoms with Crippen molar-refractivity contribution >= 4 is 11.8 Å². The Hall–Kier alpha value is -0.620. The van der Waals surface area contributed by atoms with Crippen molar-refractivity contribution in [2.75, 3.05) is 12.8 Å². The van der Waals surface area contributed by atoms with Gasteiger partial charge in [0.1, 0.15) is 11.5 Å². The Bertz CT molecular complexity index is 338. The number of hydrogen-bond acceptors (Lipinski definition) is 3. The van der Waals surface area contributed by atoms with Crippen LogP contribution in [0.15, 0.2) is 16.5 Å². The Labute approximate surface area is 109 Å². The van der Waals surface area contributed by atoms with Crippen LogP contribution in [0.4, 0.5) is 13.2 Å². The molecule has 0 spiro atoms. The molecule has 0 fully saturated rings. The van der Waals surface area contributed by atoms with Gasteiger partial charge in [0.2, 0.25) is 0 Å². The van der Waals surface area contributed by atoms with E-state index in [9.17, 15) is 13.2 Å². The first kappa shape index (κ1) is 15.4. The van der Waals surface area contributed by atoms with Gasteiger partial charge in [-0.05, 0) is 37.8 Å². The lowest BCUT2D eigenvalue weighted by Crippen LogP contribution is -2.15. The van der Waals surface area contributed by atoms with Crippen LogP contribution in [0.5, 0.6) is 0 Å². The molecule has 0 amide bonds. The van der Waals surface area contributed by atoms with Crippen molar-refractivity contribution in [1.29, 1.82) is 0 Å². The summed E-state index contributed by atoms with van der Waals surface area (Å²) in [5, 5.41) is 3.08. The van der Waals surface area contributed by atoms with Crippen LogP contribution < -0.4 is 5.32 Å². The third-order valence-electron chi connectivity index (χ3n) is 2.37. The maximum absolute atomic E-state index is 11.9. The second-order valence-corrected chi connectivity index (χ2v) is 4.92. The van der Waals surface area contributed by atoms with E-state index in [0.717, 1.165) is 17.3 Å². The third-order valence-corrected chi connectivity index (χ3v) is 2.94. The molecule has 18 heavy (non-hydrogen) atoms. The highest BCUT2D eigenvalue weighted by atomic mass is 32.2. The summed E-state index contributed by atoms with van der Waals surface area (Å²) in [6, 6.07) is 3.82. The molecule has 0 unspecified atom stereocenters. The number of alkyl halides is 3. The molecule has 0 aliphatic carbocycles. The van der Waals surface area contributed by atoms with Crippen LogP contribution in [0.3, 0.4) is 0 Å². The third kappa shape index (κ3) is 6.96. The van der Waals surface area contributed by atoms with Crippen LogP contribution in [0.2, 0.25) is 0 Å². The van der Waals surface area contributed by atoms with E-state index >= 15 is 0 Å². The number of thioether (sulfide) groups is 1. The first-order valence-corrected chi connectivity index (χ1v) is 7.24. The summed E-state index contributed by atoms with van der Waals surface area (Å²) in [4.78, 5) is 0. The monoisotopic (exact) mass is 281 g/mol. The molecule has 0 aliphatic rings. The Morgan fingerprint density at radius 3 is 2.61 bits per heavy atom. The molecule has 1 heterocycles. The largest absolute Gasteiger partial charge is 0.464 e. The predicted octanol–water partition coefficient (Wildman–Crippen LogP) is 3.96. The summed E-state index contributed by atoms with van der Waals surface area (Å²) in [5.41, 5.74) is 0. The topological polar surface area (TPSA) is 25.2 Å². The van der Waals surface area contributed by atoms with Gasteiger partial charge < -0.3 is 9.73 Å². The van der Waals surface area contributed by atoms with E-state index in [2.05, 4.69) is 5.32 Å². The van der Waals surface area contributed by atoms with E-state index in [4.69, 9.17) is 4.42 Å². The van der Waals surface area contributed by atoms with Crippen molar-refractivity contribution in [2.45, 2.75) is 37.7 Å². The maximum atomic E-state index is 11.9. The number of rotatable bonds is 8. The van der Waals surface area contributed by atoms with Crippen molar-refractivity contribution in [3.63, 3.8) is 0 Å². The molecular formula is C12H18F3NOS. The highest BCUT2D eigenvalue weighted by Crippen LogP contribution is 2.21. The molecule has 1 aromatic rings. The number of halogens is 3. The summed E-state index contributed by atoms with van der Waals surface area (Å²) in [6.45, 7) is 1.15. The van der Waals surface area contributed by atoms with Crippen molar-refractivity contribution in [2.24, 2.45) is 0 Å². The minimum absolute atomic E-state index is 0.173. The van der Waals surface area contributed by atoms with E-state index in [1.807, 2.05) is 18.4 Å². The Kier molecular flexibility index (Phi) is 6.63. The van der Waals surface area contributed by atoms with Gasteiger partial charge in [0.15, 0.2) is 0 Å². The molecule has 0 atom stereocenters. The van der Waals surface area contributed by atoms with Gasteiger partial charge in [-0.3, -0.25) is 0 Å². The zero-order chi connectivity index (χ0) is 13.4. The number of hydrogen-bond donors (Lipinski definition) is 1. The van der Waals surface area contributed by atoms with E-state index in [1.165, 1.54) is 0 Å². The smallest absolute Gasteiger partial charge is 0.389 e. The van der Waals surface area contributed by atoms with Gasteiger partial charge >= 0.3 is 6.18 Å². The van der Waals surface area contributed by atoms with Crippen LogP contribution in [0.1, 0.15) is 30.8 Å². The van der Waals surface area contributed by atoms with E-state index in [0.29, 0.717) is 19.5 Å². The summed E-state index contributed by atoms with van der Waals surface area (Å²) in [6.07, 6.45) is -2.04. The first-order chi connectivity index (χ1) is 8.51. The molecule has 104 valence electrons. The molecule has 0 saturated carbocycles. The second-order valence-electron chi connectivity index (χ2n) is 4.05. The number of nitrogens with one attached hydrogen (secondary N) is 1. The number of unbranched alkanes of at least 4 members (excludes halogenated alkanes) is 1. The predicted molar refractivity (Wildman–Crippen MR) is 67.5 cm³/mol. The molecule has 6 heteroatoms. The lowest BCUT2D eigenvalue weighted by atomic mass is 10.2. The summed E-state index contributed by atoms with van der Waals surface area (Å²) in [7, 11) is 0. The molecule has 0 radical (unpaired) electrons.